The number of ether oxygens (including phenoxy) is 5. The van der Waals surface area contributed by atoms with Crippen LogP contribution in [-0.2, 0) is 28.5 Å². The van der Waals surface area contributed by atoms with Crippen molar-refractivity contribution < 1.29 is 84.7 Å². The minimum Gasteiger partial charge on any atom is -0.479 e. The Bertz CT molecular complexity index is 711. The molecule has 0 aromatic carbocycles. The summed E-state index contributed by atoms with van der Waals surface area (Å²) in [6, 6.07) is 0. The normalized spacial score (nSPS) is 51.2. The smallest absolute Gasteiger partial charge is 0.335 e. The Morgan fingerprint density at radius 1 is 0.600 bits per heavy atom. The van der Waals surface area contributed by atoms with Crippen molar-refractivity contribution in [2.24, 2.45) is 0 Å². The Hall–Kier alpha value is -1.13. The van der Waals surface area contributed by atoms with Crippen LogP contribution in [0.25, 0.3) is 0 Å². The molecule has 17 nitrogen and oxygen atoms in total. The minimum atomic E-state index is -2.05. The largest absolute Gasteiger partial charge is 0.479 e. The summed E-state index contributed by atoms with van der Waals surface area (Å²) < 4.78 is 25.8. The van der Waals surface area contributed by atoms with E-state index in [1.807, 2.05) is 0 Å². The van der Waals surface area contributed by atoms with Crippen molar-refractivity contribution in [1.29, 1.82) is 0 Å². The Balaban J connectivity index is 1.78. The molecule has 11 N–H and O–H groups in total. The molecule has 3 aliphatic rings. The second-order valence-corrected chi connectivity index (χ2v) is 8.37. The first-order chi connectivity index (χ1) is 16.4. The van der Waals surface area contributed by atoms with Crippen LogP contribution in [0.5, 0.6) is 0 Å². The lowest BCUT2D eigenvalue weighted by atomic mass is 9.96. The van der Waals surface area contributed by atoms with Crippen LogP contribution in [0.2, 0.25) is 0 Å². The average Bonchev–Trinajstić information content (AvgIpc) is 2.82. The van der Waals surface area contributed by atoms with Gasteiger partial charge in [0, 0.05) is 0 Å². The monoisotopic (exact) mass is 518 g/mol. The van der Waals surface area contributed by atoms with Gasteiger partial charge in [0.05, 0.1) is 13.2 Å². The molecule has 35 heavy (non-hydrogen) atoms. The summed E-state index contributed by atoms with van der Waals surface area (Å²) in [4.78, 5) is 11.3. The third kappa shape index (κ3) is 5.59. The molecule has 3 heterocycles. The van der Waals surface area contributed by atoms with Gasteiger partial charge in [0.25, 0.3) is 0 Å². The van der Waals surface area contributed by atoms with Crippen LogP contribution in [-0.4, -0.2) is 167 Å². The maximum atomic E-state index is 11.3. The SMILES string of the molecule is O=C(O)[C@H]1O[C@H](O[C@@H]2[C@H](O)[C@@H](O[C@H]3[C@@H](O)[C@H](O)[C@@H](CO)O[C@H]3O)O[C@H](CO)[C@H]2O)[C@H](O)[C@@H](O)[C@@H]1O. The van der Waals surface area contributed by atoms with E-state index in [0.717, 1.165) is 0 Å². The number of carboxylic acids is 1. The zero-order valence-electron chi connectivity index (χ0n) is 17.9. The maximum Gasteiger partial charge on any atom is 0.335 e. The molecule has 0 saturated carbocycles. The number of carbonyl (C=O) groups is 1. The molecule has 15 atom stereocenters. The third-order valence-electron chi connectivity index (χ3n) is 6.06. The molecule has 0 unspecified atom stereocenters. The summed E-state index contributed by atoms with van der Waals surface area (Å²) in [6.07, 6.45) is -27.8. The first kappa shape index (κ1) is 28.4. The molecule has 0 aromatic heterocycles. The minimum absolute atomic E-state index is 0.749. The zero-order valence-corrected chi connectivity index (χ0v) is 17.9. The van der Waals surface area contributed by atoms with Crippen LogP contribution >= 0.6 is 0 Å². The predicted octanol–water partition coefficient (Wildman–Crippen LogP) is -7.48. The van der Waals surface area contributed by atoms with Gasteiger partial charge in [0.1, 0.15) is 67.1 Å². The van der Waals surface area contributed by atoms with Gasteiger partial charge in [-0.1, -0.05) is 0 Å². The molecular formula is C18H30O17. The molecular weight excluding hydrogens is 488 g/mol. The van der Waals surface area contributed by atoms with E-state index in [0.29, 0.717) is 0 Å². The molecule has 0 bridgehead atoms. The Morgan fingerprint density at radius 3 is 1.71 bits per heavy atom. The van der Waals surface area contributed by atoms with E-state index in [9.17, 15) is 50.8 Å². The molecule has 3 saturated heterocycles. The first-order valence-corrected chi connectivity index (χ1v) is 10.6. The van der Waals surface area contributed by atoms with Crippen molar-refractivity contribution in [2.45, 2.75) is 92.1 Å². The summed E-state index contributed by atoms with van der Waals surface area (Å²) in [6.45, 7) is -1.62. The molecule has 0 amide bonds. The van der Waals surface area contributed by atoms with Gasteiger partial charge in [0.2, 0.25) is 0 Å². The highest BCUT2D eigenvalue weighted by Gasteiger charge is 2.54. The van der Waals surface area contributed by atoms with Crippen molar-refractivity contribution in [1.82, 2.24) is 0 Å². The molecule has 0 aliphatic carbocycles. The van der Waals surface area contributed by atoms with Gasteiger partial charge >= 0.3 is 5.97 Å². The number of aliphatic hydroxyl groups excluding tert-OH is 10. The van der Waals surface area contributed by atoms with E-state index in [4.69, 9.17) is 33.9 Å². The zero-order chi connectivity index (χ0) is 26.2. The van der Waals surface area contributed by atoms with Crippen molar-refractivity contribution in [2.75, 3.05) is 13.2 Å². The van der Waals surface area contributed by atoms with Crippen molar-refractivity contribution in [3.05, 3.63) is 0 Å². The molecule has 0 spiro atoms. The number of aliphatic hydroxyl groups is 10. The lowest BCUT2D eigenvalue weighted by Gasteiger charge is -2.47. The van der Waals surface area contributed by atoms with E-state index in [1.165, 1.54) is 0 Å². The molecule has 0 radical (unpaired) electrons. The second kappa shape index (κ2) is 11.5. The van der Waals surface area contributed by atoms with Crippen LogP contribution in [0.3, 0.4) is 0 Å². The maximum absolute atomic E-state index is 11.3. The van der Waals surface area contributed by atoms with Gasteiger partial charge in [-0.3, -0.25) is 0 Å². The number of rotatable bonds is 7. The summed E-state index contributed by atoms with van der Waals surface area (Å²) in [5.41, 5.74) is 0. The summed E-state index contributed by atoms with van der Waals surface area (Å²) in [5, 5.41) is 109. The highest BCUT2D eigenvalue weighted by atomic mass is 16.8. The quantitative estimate of drug-likeness (QED) is 0.149. The van der Waals surface area contributed by atoms with Crippen molar-refractivity contribution in [3.63, 3.8) is 0 Å². The molecule has 3 fully saturated rings. The van der Waals surface area contributed by atoms with Crippen LogP contribution in [0.4, 0.5) is 0 Å². The summed E-state index contributed by atoms with van der Waals surface area (Å²) in [5.74, 6) is -1.71. The standard InChI is InChI=1S/C18H30O17/c19-1-3-5(21)8(24)14(16(30)31-3)35-18-11(27)12(6(22)4(2-20)32-18)33-17-10(26)7(23)9(25)13(34-17)15(28)29/h3-14,16-27,30H,1-2H2,(H,28,29)/t3-,4-,5-,6-,7+,8+,9+,10-,11+,12+,13+,14+,16-,17+,18-/m1/s1. The van der Waals surface area contributed by atoms with Gasteiger partial charge in [-0.2, -0.15) is 0 Å². The number of hydrogen-bond donors (Lipinski definition) is 11. The van der Waals surface area contributed by atoms with Gasteiger partial charge in [-0.05, 0) is 0 Å². The number of hydrogen-bond acceptors (Lipinski definition) is 16. The highest BCUT2D eigenvalue weighted by Crippen LogP contribution is 2.32. The fourth-order valence-corrected chi connectivity index (χ4v) is 4.02. The number of aliphatic carboxylic acids is 1. The molecule has 3 aliphatic heterocycles. The van der Waals surface area contributed by atoms with Crippen molar-refractivity contribution in [3.8, 4) is 0 Å². The van der Waals surface area contributed by atoms with Gasteiger partial charge in [-0.25, -0.2) is 4.79 Å². The molecule has 204 valence electrons. The van der Waals surface area contributed by atoms with Crippen LogP contribution in [0, 0.1) is 0 Å². The highest BCUT2D eigenvalue weighted by molar-refractivity contribution is 5.73. The van der Waals surface area contributed by atoms with E-state index in [2.05, 4.69) is 0 Å². The van der Waals surface area contributed by atoms with Gasteiger partial charge in [0.15, 0.2) is 25.0 Å². The topological polar surface area (TPSA) is 286 Å². The average molecular weight is 518 g/mol. The van der Waals surface area contributed by atoms with E-state index in [1.54, 1.807) is 0 Å². The first-order valence-electron chi connectivity index (χ1n) is 10.6. The fraction of sp³-hybridized carbons (Fsp3) is 0.944. The lowest BCUT2D eigenvalue weighted by Crippen LogP contribution is -2.66. The summed E-state index contributed by atoms with van der Waals surface area (Å²) in [7, 11) is 0. The molecule has 3 rings (SSSR count). The summed E-state index contributed by atoms with van der Waals surface area (Å²) >= 11 is 0. The Kier molecular flexibility index (Phi) is 9.35. The Morgan fingerprint density at radius 2 is 1.14 bits per heavy atom. The van der Waals surface area contributed by atoms with E-state index in [-0.39, 0.29) is 0 Å². The van der Waals surface area contributed by atoms with Crippen LogP contribution in [0.15, 0.2) is 0 Å². The van der Waals surface area contributed by atoms with E-state index < -0.39 is 111 Å². The van der Waals surface area contributed by atoms with Gasteiger partial charge < -0.3 is 79.9 Å². The fourth-order valence-electron chi connectivity index (χ4n) is 4.02. The van der Waals surface area contributed by atoms with E-state index >= 15 is 0 Å². The second-order valence-electron chi connectivity index (χ2n) is 8.37. The lowest BCUT2D eigenvalue weighted by molar-refractivity contribution is -0.381. The predicted molar refractivity (Wildman–Crippen MR) is 102 cm³/mol. The van der Waals surface area contributed by atoms with Crippen LogP contribution < -0.4 is 0 Å². The van der Waals surface area contributed by atoms with Crippen molar-refractivity contribution >= 4 is 5.97 Å². The Labute approximate surface area is 196 Å². The third-order valence-corrected chi connectivity index (χ3v) is 6.06. The number of carboxylic acid groups (broad SMARTS) is 1. The van der Waals surface area contributed by atoms with Gasteiger partial charge in [-0.15, -0.1) is 0 Å². The van der Waals surface area contributed by atoms with Crippen LogP contribution in [0.1, 0.15) is 0 Å². The molecule has 0 aromatic rings. The molecule has 17 heteroatoms.